The average molecular weight is 578 g/mol. The molecule has 3 aliphatic rings. The zero-order valence-electron chi connectivity index (χ0n) is 19.1. The normalized spacial score (nSPS) is 25.5. The number of hydrogen-bond donors (Lipinski definition) is 2. The molecule has 4 rings (SSSR count). The molecule has 1 aromatic rings. The Morgan fingerprint density at radius 2 is 2.00 bits per heavy atom. The number of hydrogen-bond acceptors (Lipinski definition) is 5. The maximum atomic E-state index is 12.3. The van der Waals surface area contributed by atoms with Crippen LogP contribution in [0, 0.1) is 0 Å². The molecule has 3 atom stereocenters. The first-order valence-corrected chi connectivity index (χ1v) is 12.8. The van der Waals surface area contributed by atoms with Crippen molar-refractivity contribution in [3.63, 3.8) is 0 Å². The number of benzene rings is 1. The molecule has 2 aliphatic heterocycles. The van der Waals surface area contributed by atoms with E-state index >= 15 is 0 Å². The zero-order chi connectivity index (χ0) is 21.7. The summed E-state index contributed by atoms with van der Waals surface area (Å²) in [4.78, 5) is 4.48. The van der Waals surface area contributed by atoms with E-state index in [9.17, 15) is 4.21 Å². The third kappa shape index (κ3) is 5.88. The van der Waals surface area contributed by atoms with Crippen molar-refractivity contribution in [3.05, 3.63) is 23.8 Å². The van der Waals surface area contributed by atoms with Crippen LogP contribution in [0.3, 0.4) is 0 Å². The molecule has 180 valence electrons. The Labute approximate surface area is 210 Å². The molecule has 1 aromatic carbocycles. The van der Waals surface area contributed by atoms with Crippen LogP contribution < -0.4 is 20.1 Å². The molecule has 0 amide bonds. The van der Waals surface area contributed by atoms with E-state index < -0.39 is 10.8 Å². The highest BCUT2D eigenvalue weighted by Gasteiger charge is 2.36. The van der Waals surface area contributed by atoms with Gasteiger partial charge in [-0.2, -0.15) is 0 Å². The zero-order valence-corrected chi connectivity index (χ0v) is 22.2. The summed E-state index contributed by atoms with van der Waals surface area (Å²) in [6, 6.07) is 6.61. The van der Waals surface area contributed by atoms with Gasteiger partial charge >= 0.3 is 0 Å². The smallest absolute Gasteiger partial charge is 0.231 e. The SMILES string of the molecule is CCS(=O)C1CCCC(NC(=NC)NCC2(c3ccc4c(c3)OCO4)CCOCC2)C1.I. The summed E-state index contributed by atoms with van der Waals surface area (Å²) in [6.07, 6.45) is 6.11. The monoisotopic (exact) mass is 577 g/mol. The molecule has 7 nitrogen and oxygen atoms in total. The lowest BCUT2D eigenvalue weighted by atomic mass is 9.74. The van der Waals surface area contributed by atoms with E-state index in [0.717, 1.165) is 81.5 Å². The quantitative estimate of drug-likeness (QED) is 0.307. The van der Waals surface area contributed by atoms with Crippen molar-refractivity contribution in [2.24, 2.45) is 4.99 Å². The summed E-state index contributed by atoms with van der Waals surface area (Å²) in [5, 5.41) is 7.48. The highest BCUT2D eigenvalue weighted by atomic mass is 127. The second-order valence-corrected chi connectivity index (χ2v) is 10.7. The Balaban J connectivity index is 0.00000289. The molecule has 1 saturated carbocycles. The third-order valence-electron chi connectivity index (χ3n) is 6.88. The van der Waals surface area contributed by atoms with Crippen LogP contribution in [0.4, 0.5) is 0 Å². The lowest BCUT2D eigenvalue weighted by Gasteiger charge is -2.39. The molecule has 2 fully saturated rings. The minimum Gasteiger partial charge on any atom is -0.454 e. The van der Waals surface area contributed by atoms with E-state index in [-0.39, 0.29) is 36.2 Å². The van der Waals surface area contributed by atoms with Gasteiger partial charge in [-0.25, -0.2) is 0 Å². The maximum Gasteiger partial charge on any atom is 0.231 e. The number of halogens is 1. The number of nitrogens with one attached hydrogen (secondary N) is 2. The number of guanidine groups is 1. The van der Waals surface area contributed by atoms with Crippen molar-refractivity contribution >= 4 is 40.7 Å². The van der Waals surface area contributed by atoms with Gasteiger partial charge < -0.3 is 24.8 Å². The van der Waals surface area contributed by atoms with E-state index in [1.165, 1.54) is 5.56 Å². The van der Waals surface area contributed by atoms with Gasteiger partial charge in [-0.1, -0.05) is 19.4 Å². The van der Waals surface area contributed by atoms with Crippen LogP contribution in [0.15, 0.2) is 23.2 Å². The van der Waals surface area contributed by atoms with Crippen LogP contribution in [0.5, 0.6) is 11.5 Å². The molecule has 2 heterocycles. The van der Waals surface area contributed by atoms with Crippen LogP contribution in [0.25, 0.3) is 0 Å². The molecule has 1 aliphatic carbocycles. The summed E-state index contributed by atoms with van der Waals surface area (Å²) in [7, 11) is 1.09. The topological polar surface area (TPSA) is 81.2 Å². The standard InChI is InChI=1S/C23H35N3O4S.HI/c1-3-31(27)19-6-4-5-18(14-19)26-22(24-2)25-15-23(9-11-28-12-10-23)17-7-8-20-21(13-17)30-16-29-20;/h7-8,13,18-19H,3-6,9-12,14-16H2,1-2H3,(H2,24,25,26);1H. The van der Waals surface area contributed by atoms with Gasteiger partial charge in [0.2, 0.25) is 6.79 Å². The van der Waals surface area contributed by atoms with E-state index in [4.69, 9.17) is 14.2 Å². The Morgan fingerprint density at radius 1 is 1.22 bits per heavy atom. The molecular formula is C23H36IN3O4S. The molecule has 0 aromatic heterocycles. The summed E-state index contributed by atoms with van der Waals surface area (Å²) in [5.41, 5.74) is 1.20. The van der Waals surface area contributed by atoms with Gasteiger partial charge in [0.15, 0.2) is 17.5 Å². The van der Waals surface area contributed by atoms with E-state index in [1.54, 1.807) is 0 Å². The number of rotatable bonds is 6. The van der Waals surface area contributed by atoms with Crippen molar-refractivity contribution < 1.29 is 18.4 Å². The van der Waals surface area contributed by atoms with Crippen LogP contribution in [-0.4, -0.2) is 60.8 Å². The van der Waals surface area contributed by atoms with Crippen molar-refractivity contribution in [2.75, 3.05) is 39.4 Å². The highest BCUT2D eigenvalue weighted by molar-refractivity contribution is 14.0. The summed E-state index contributed by atoms with van der Waals surface area (Å²) in [5.74, 6) is 3.19. The molecule has 0 bridgehead atoms. The van der Waals surface area contributed by atoms with Gasteiger partial charge in [-0.15, -0.1) is 24.0 Å². The fourth-order valence-corrected chi connectivity index (χ4v) is 6.30. The first-order chi connectivity index (χ1) is 15.1. The predicted octanol–water partition coefficient (Wildman–Crippen LogP) is 3.33. The van der Waals surface area contributed by atoms with E-state index in [2.05, 4.69) is 27.8 Å². The average Bonchev–Trinajstić information content (AvgIpc) is 3.30. The van der Waals surface area contributed by atoms with E-state index in [1.807, 2.05) is 20.0 Å². The van der Waals surface area contributed by atoms with Crippen molar-refractivity contribution in [2.45, 2.75) is 62.2 Å². The lowest BCUT2D eigenvalue weighted by molar-refractivity contribution is 0.0513. The van der Waals surface area contributed by atoms with Crippen LogP contribution >= 0.6 is 24.0 Å². The highest BCUT2D eigenvalue weighted by Crippen LogP contribution is 2.40. The summed E-state index contributed by atoms with van der Waals surface area (Å²) in [6.45, 7) is 4.56. The van der Waals surface area contributed by atoms with Gasteiger partial charge in [0, 0.05) is 60.1 Å². The largest absolute Gasteiger partial charge is 0.454 e. The van der Waals surface area contributed by atoms with Gasteiger partial charge in [-0.3, -0.25) is 9.20 Å². The Bertz CT molecular complexity index is 816. The Morgan fingerprint density at radius 3 is 2.75 bits per heavy atom. The molecular weight excluding hydrogens is 541 g/mol. The first kappa shape index (κ1) is 25.6. The molecule has 32 heavy (non-hydrogen) atoms. The minimum atomic E-state index is -0.727. The number of aliphatic imine (C=N–C) groups is 1. The molecule has 3 unspecified atom stereocenters. The minimum absolute atomic E-state index is 0. The van der Waals surface area contributed by atoms with E-state index in [0.29, 0.717) is 11.3 Å². The van der Waals surface area contributed by atoms with Crippen LogP contribution in [0.1, 0.15) is 51.0 Å². The third-order valence-corrected chi connectivity index (χ3v) is 8.62. The number of nitrogens with zero attached hydrogens (tertiary/aromatic N) is 1. The molecule has 1 saturated heterocycles. The maximum absolute atomic E-state index is 12.3. The van der Waals surface area contributed by atoms with Gasteiger partial charge in [-0.05, 0) is 49.8 Å². The lowest BCUT2D eigenvalue weighted by Crippen LogP contribution is -2.51. The molecule has 2 N–H and O–H groups in total. The summed E-state index contributed by atoms with van der Waals surface area (Å²) < 4.78 is 29.1. The number of ether oxygens (including phenoxy) is 3. The Hall–Kier alpha value is -1.07. The van der Waals surface area contributed by atoms with Gasteiger partial charge in [0.25, 0.3) is 0 Å². The van der Waals surface area contributed by atoms with Gasteiger partial charge in [0.1, 0.15) is 0 Å². The number of fused-ring (bicyclic) bond motifs is 1. The van der Waals surface area contributed by atoms with Crippen molar-refractivity contribution in [1.82, 2.24) is 10.6 Å². The van der Waals surface area contributed by atoms with Gasteiger partial charge in [0.05, 0.1) is 0 Å². The van der Waals surface area contributed by atoms with Crippen LogP contribution in [0.2, 0.25) is 0 Å². The first-order valence-electron chi connectivity index (χ1n) is 11.5. The predicted molar refractivity (Wildman–Crippen MR) is 139 cm³/mol. The molecule has 0 radical (unpaired) electrons. The van der Waals surface area contributed by atoms with Crippen LogP contribution in [-0.2, 0) is 21.0 Å². The fourth-order valence-electron chi connectivity index (χ4n) is 4.95. The molecule has 9 heteroatoms. The second-order valence-electron chi connectivity index (χ2n) is 8.69. The fraction of sp³-hybridized carbons (Fsp3) is 0.696. The summed E-state index contributed by atoms with van der Waals surface area (Å²) >= 11 is 0. The second kappa shape index (κ2) is 11.9. The van der Waals surface area contributed by atoms with Crippen molar-refractivity contribution in [1.29, 1.82) is 0 Å². The Kier molecular flexibility index (Phi) is 9.48. The molecule has 0 spiro atoms. The van der Waals surface area contributed by atoms with Crippen molar-refractivity contribution in [3.8, 4) is 11.5 Å².